The lowest BCUT2D eigenvalue weighted by molar-refractivity contribution is -0.118. The Morgan fingerprint density at radius 3 is 2.58 bits per heavy atom. The summed E-state index contributed by atoms with van der Waals surface area (Å²) in [5.41, 5.74) is 3.24. The molecule has 19 heavy (non-hydrogen) atoms. The lowest BCUT2D eigenvalue weighted by Gasteiger charge is -2.22. The molecule has 0 aliphatic rings. The van der Waals surface area contributed by atoms with Gasteiger partial charge in [-0.2, -0.15) is 0 Å². The van der Waals surface area contributed by atoms with Crippen molar-refractivity contribution in [1.82, 2.24) is 10.6 Å². The van der Waals surface area contributed by atoms with Crippen LogP contribution in [0, 0.1) is 13.8 Å². The van der Waals surface area contributed by atoms with E-state index in [1.165, 1.54) is 12.5 Å². The van der Waals surface area contributed by atoms with Crippen LogP contribution in [0.5, 0.6) is 0 Å². The second kappa shape index (κ2) is 7.26. The van der Waals surface area contributed by atoms with Crippen LogP contribution in [0.2, 0.25) is 0 Å². The zero-order valence-electron chi connectivity index (χ0n) is 12.2. The van der Waals surface area contributed by atoms with Crippen molar-refractivity contribution in [3.8, 4) is 0 Å². The van der Waals surface area contributed by atoms with Gasteiger partial charge in [0.15, 0.2) is 0 Å². The van der Waals surface area contributed by atoms with E-state index in [0.717, 1.165) is 11.1 Å². The standard InChI is InChI=1S/C15H24N2O2/c1-10-5-6-14(11(2)9-10)15(19)12(3)16-7-8-17-13(4)18/h5-6,9,12,15-16,19H,7-8H2,1-4H3,(H,17,18). The Labute approximate surface area is 115 Å². The van der Waals surface area contributed by atoms with Crippen molar-refractivity contribution in [1.29, 1.82) is 0 Å². The van der Waals surface area contributed by atoms with Gasteiger partial charge >= 0.3 is 0 Å². The largest absolute Gasteiger partial charge is 0.387 e. The molecule has 0 heterocycles. The highest BCUT2D eigenvalue weighted by Gasteiger charge is 2.17. The maximum absolute atomic E-state index is 10.7. The molecule has 0 fully saturated rings. The summed E-state index contributed by atoms with van der Waals surface area (Å²) in [6.45, 7) is 8.70. The zero-order chi connectivity index (χ0) is 14.4. The van der Waals surface area contributed by atoms with E-state index >= 15 is 0 Å². The van der Waals surface area contributed by atoms with Crippen LogP contribution in [-0.2, 0) is 4.79 Å². The van der Waals surface area contributed by atoms with Crippen LogP contribution in [0.1, 0.15) is 36.6 Å². The monoisotopic (exact) mass is 264 g/mol. The highest BCUT2D eigenvalue weighted by molar-refractivity contribution is 5.72. The first-order valence-electron chi connectivity index (χ1n) is 6.65. The molecule has 1 amide bonds. The van der Waals surface area contributed by atoms with Crippen LogP contribution in [-0.4, -0.2) is 30.1 Å². The van der Waals surface area contributed by atoms with Crippen molar-refractivity contribution in [2.75, 3.05) is 13.1 Å². The molecule has 0 spiro atoms. The van der Waals surface area contributed by atoms with Crippen LogP contribution in [0.3, 0.4) is 0 Å². The molecule has 4 nitrogen and oxygen atoms in total. The molecule has 1 aromatic carbocycles. The Kier molecular flexibility index (Phi) is 5.99. The van der Waals surface area contributed by atoms with E-state index in [-0.39, 0.29) is 11.9 Å². The molecule has 0 aromatic heterocycles. The number of benzene rings is 1. The first-order valence-corrected chi connectivity index (χ1v) is 6.65. The third-order valence-electron chi connectivity index (χ3n) is 3.18. The van der Waals surface area contributed by atoms with Crippen molar-refractivity contribution in [2.45, 2.75) is 39.8 Å². The fraction of sp³-hybridized carbons (Fsp3) is 0.533. The molecule has 0 radical (unpaired) electrons. The molecule has 4 heteroatoms. The lowest BCUT2D eigenvalue weighted by atomic mass is 9.97. The molecule has 0 saturated heterocycles. The number of aryl methyl sites for hydroxylation is 2. The highest BCUT2D eigenvalue weighted by Crippen LogP contribution is 2.21. The number of carbonyl (C=O) groups excluding carboxylic acids is 1. The third kappa shape index (κ3) is 5.01. The summed E-state index contributed by atoms with van der Waals surface area (Å²) in [6, 6.07) is 6.00. The van der Waals surface area contributed by atoms with Crippen LogP contribution in [0.25, 0.3) is 0 Å². The smallest absolute Gasteiger partial charge is 0.216 e. The van der Waals surface area contributed by atoms with E-state index in [0.29, 0.717) is 13.1 Å². The summed E-state index contributed by atoms with van der Waals surface area (Å²) < 4.78 is 0. The number of nitrogens with one attached hydrogen (secondary N) is 2. The van der Waals surface area contributed by atoms with E-state index in [9.17, 15) is 9.90 Å². The zero-order valence-corrected chi connectivity index (χ0v) is 12.2. The summed E-state index contributed by atoms with van der Waals surface area (Å²) >= 11 is 0. The molecule has 3 N–H and O–H groups in total. The molecule has 1 rings (SSSR count). The van der Waals surface area contributed by atoms with Crippen LogP contribution in [0.4, 0.5) is 0 Å². The van der Waals surface area contributed by atoms with E-state index in [2.05, 4.69) is 16.7 Å². The van der Waals surface area contributed by atoms with E-state index in [4.69, 9.17) is 0 Å². The van der Waals surface area contributed by atoms with Gasteiger partial charge in [0.2, 0.25) is 5.91 Å². The van der Waals surface area contributed by atoms with Gasteiger partial charge in [-0.15, -0.1) is 0 Å². The average Bonchev–Trinajstić information content (AvgIpc) is 2.33. The number of carbonyl (C=O) groups is 1. The molecule has 2 unspecified atom stereocenters. The maximum atomic E-state index is 10.7. The topological polar surface area (TPSA) is 61.4 Å². The fourth-order valence-corrected chi connectivity index (χ4v) is 2.08. The molecule has 0 bridgehead atoms. The number of aliphatic hydroxyl groups is 1. The van der Waals surface area contributed by atoms with Gasteiger partial charge in [0.05, 0.1) is 6.10 Å². The van der Waals surface area contributed by atoms with Crippen molar-refractivity contribution in [2.24, 2.45) is 0 Å². The first kappa shape index (κ1) is 15.7. The molecular weight excluding hydrogens is 240 g/mol. The minimum atomic E-state index is -0.544. The summed E-state index contributed by atoms with van der Waals surface area (Å²) in [4.78, 5) is 10.7. The predicted octanol–water partition coefficient (Wildman–Crippen LogP) is 1.45. The number of rotatable bonds is 6. The number of aliphatic hydroxyl groups excluding tert-OH is 1. The van der Waals surface area contributed by atoms with Crippen molar-refractivity contribution < 1.29 is 9.90 Å². The summed E-state index contributed by atoms with van der Waals surface area (Å²) in [5.74, 6) is -0.0376. The minimum absolute atomic E-state index is 0.0376. The van der Waals surface area contributed by atoms with Gasteiger partial charge < -0.3 is 15.7 Å². The molecule has 1 aromatic rings. The summed E-state index contributed by atoms with van der Waals surface area (Å²) in [7, 11) is 0. The fourth-order valence-electron chi connectivity index (χ4n) is 2.08. The van der Waals surface area contributed by atoms with Crippen molar-refractivity contribution in [3.05, 3.63) is 34.9 Å². The Morgan fingerprint density at radius 2 is 2.00 bits per heavy atom. The second-order valence-corrected chi connectivity index (χ2v) is 5.03. The van der Waals surface area contributed by atoms with Gasteiger partial charge in [-0.25, -0.2) is 0 Å². The van der Waals surface area contributed by atoms with Crippen LogP contribution < -0.4 is 10.6 Å². The first-order chi connectivity index (χ1) is 8.91. The lowest BCUT2D eigenvalue weighted by Crippen LogP contribution is -2.38. The van der Waals surface area contributed by atoms with Gasteiger partial charge in [-0.05, 0) is 31.9 Å². The Balaban J connectivity index is 2.51. The van der Waals surface area contributed by atoms with Gasteiger partial charge in [0.25, 0.3) is 0 Å². The van der Waals surface area contributed by atoms with E-state index in [1.807, 2.05) is 32.9 Å². The van der Waals surface area contributed by atoms with Gasteiger partial charge in [0.1, 0.15) is 0 Å². The third-order valence-corrected chi connectivity index (χ3v) is 3.18. The molecule has 0 saturated carbocycles. The minimum Gasteiger partial charge on any atom is -0.387 e. The van der Waals surface area contributed by atoms with Gasteiger partial charge in [0, 0.05) is 26.1 Å². The van der Waals surface area contributed by atoms with Gasteiger partial charge in [-0.3, -0.25) is 4.79 Å². The molecule has 2 atom stereocenters. The number of hydrogen-bond donors (Lipinski definition) is 3. The average molecular weight is 264 g/mol. The SMILES string of the molecule is CC(=O)NCCNC(C)C(O)c1ccc(C)cc1C. The number of amides is 1. The van der Waals surface area contributed by atoms with Crippen molar-refractivity contribution >= 4 is 5.91 Å². The normalized spacial score (nSPS) is 13.9. The van der Waals surface area contributed by atoms with E-state index < -0.39 is 6.10 Å². The maximum Gasteiger partial charge on any atom is 0.216 e. The predicted molar refractivity (Wildman–Crippen MR) is 77.0 cm³/mol. The van der Waals surface area contributed by atoms with E-state index in [1.54, 1.807) is 0 Å². The summed E-state index contributed by atoms with van der Waals surface area (Å²) in [6.07, 6.45) is -0.544. The highest BCUT2D eigenvalue weighted by atomic mass is 16.3. The quantitative estimate of drug-likeness (QED) is 0.682. The van der Waals surface area contributed by atoms with Gasteiger partial charge in [-0.1, -0.05) is 23.8 Å². The molecular formula is C15H24N2O2. The Bertz CT molecular complexity index is 432. The molecule has 0 aliphatic heterocycles. The van der Waals surface area contributed by atoms with Crippen LogP contribution in [0.15, 0.2) is 18.2 Å². The molecule has 106 valence electrons. The molecule has 0 aliphatic carbocycles. The Morgan fingerprint density at radius 1 is 1.32 bits per heavy atom. The second-order valence-electron chi connectivity index (χ2n) is 5.03. The van der Waals surface area contributed by atoms with Crippen molar-refractivity contribution in [3.63, 3.8) is 0 Å². The summed E-state index contributed by atoms with van der Waals surface area (Å²) in [5, 5.41) is 16.2. The Hall–Kier alpha value is -1.39. The number of hydrogen-bond acceptors (Lipinski definition) is 3. The van der Waals surface area contributed by atoms with Crippen LogP contribution >= 0.6 is 0 Å².